The Kier molecular flexibility index (Phi) is 1.53. The summed E-state index contributed by atoms with van der Waals surface area (Å²) >= 11 is 0. The molecular formula is C10H10N4. The van der Waals surface area contributed by atoms with Crippen molar-refractivity contribution in [3.05, 3.63) is 36.4 Å². The topological polar surface area (TPSA) is 42.7 Å². The molecule has 70 valence electrons. The van der Waals surface area contributed by atoms with Gasteiger partial charge in [-0.1, -0.05) is 0 Å². The Morgan fingerprint density at radius 3 is 3.21 bits per heavy atom. The van der Waals surface area contributed by atoms with Crippen molar-refractivity contribution in [3.63, 3.8) is 0 Å². The minimum atomic E-state index is 1.04. The van der Waals surface area contributed by atoms with Crippen LogP contribution in [0.3, 0.4) is 0 Å². The molecule has 1 aromatic heterocycles. The monoisotopic (exact) mass is 186 g/mol. The summed E-state index contributed by atoms with van der Waals surface area (Å²) in [5.74, 6) is 0. The highest BCUT2D eigenvalue weighted by atomic mass is 15.3. The average Bonchev–Trinajstić information content (AvgIpc) is 2.88. The highest BCUT2D eigenvalue weighted by Crippen LogP contribution is 2.24. The van der Waals surface area contributed by atoms with Crippen LogP contribution in [0.1, 0.15) is 5.56 Å². The van der Waals surface area contributed by atoms with Crippen LogP contribution < -0.4 is 5.32 Å². The van der Waals surface area contributed by atoms with Crippen molar-refractivity contribution in [2.24, 2.45) is 0 Å². The molecule has 0 aliphatic carbocycles. The Balaban J connectivity index is 2.09. The number of benzene rings is 1. The molecule has 3 rings (SSSR count). The van der Waals surface area contributed by atoms with Crippen LogP contribution in [-0.2, 0) is 6.42 Å². The van der Waals surface area contributed by atoms with Gasteiger partial charge in [-0.25, -0.2) is 9.67 Å². The first-order valence-corrected chi connectivity index (χ1v) is 4.65. The average molecular weight is 186 g/mol. The van der Waals surface area contributed by atoms with E-state index >= 15 is 0 Å². The van der Waals surface area contributed by atoms with Gasteiger partial charge in [0, 0.05) is 12.2 Å². The maximum Gasteiger partial charge on any atom is 0.138 e. The SMILES string of the molecule is c1ncn(-c2ccc3c(c2)CCN3)n1. The molecule has 1 aromatic carbocycles. The zero-order valence-electron chi connectivity index (χ0n) is 7.64. The standard InChI is InChI=1S/C10H10N4/c1-2-10-8(3-4-12-10)5-9(1)14-7-11-6-13-14/h1-2,5-7,12H,3-4H2. The lowest BCUT2D eigenvalue weighted by atomic mass is 10.1. The molecule has 1 aliphatic heterocycles. The summed E-state index contributed by atoms with van der Waals surface area (Å²) in [5, 5.41) is 7.42. The van der Waals surface area contributed by atoms with Gasteiger partial charge in [0.15, 0.2) is 0 Å². The molecule has 4 nitrogen and oxygen atoms in total. The van der Waals surface area contributed by atoms with Crippen LogP contribution >= 0.6 is 0 Å². The first-order chi connectivity index (χ1) is 6.93. The molecule has 0 unspecified atom stereocenters. The summed E-state index contributed by atoms with van der Waals surface area (Å²) in [5.41, 5.74) is 3.68. The highest BCUT2D eigenvalue weighted by molar-refractivity contribution is 5.59. The molecule has 2 heterocycles. The van der Waals surface area contributed by atoms with Crippen molar-refractivity contribution >= 4 is 5.69 Å². The molecular weight excluding hydrogens is 176 g/mol. The lowest BCUT2D eigenvalue weighted by Gasteiger charge is -2.03. The number of anilines is 1. The third-order valence-corrected chi connectivity index (χ3v) is 2.48. The molecule has 0 fully saturated rings. The number of nitrogens with one attached hydrogen (secondary N) is 1. The van der Waals surface area contributed by atoms with Crippen molar-refractivity contribution in [2.75, 3.05) is 11.9 Å². The minimum Gasteiger partial charge on any atom is -0.384 e. The van der Waals surface area contributed by atoms with Crippen molar-refractivity contribution in [3.8, 4) is 5.69 Å². The molecule has 0 saturated carbocycles. The van der Waals surface area contributed by atoms with Gasteiger partial charge in [0.1, 0.15) is 12.7 Å². The van der Waals surface area contributed by atoms with E-state index in [1.54, 1.807) is 17.3 Å². The van der Waals surface area contributed by atoms with Crippen molar-refractivity contribution in [1.82, 2.24) is 14.8 Å². The van der Waals surface area contributed by atoms with E-state index in [1.165, 1.54) is 11.3 Å². The fourth-order valence-corrected chi connectivity index (χ4v) is 1.78. The molecule has 1 N–H and O–H groups in total. The van der Waals surface area contributed by atoms with E-state index in [1.807, 2.05) is 6.07 Å². The maximum absolute atomic E-state index is 4.10. The number of rotatable bonds is 1. The second kappa shape index (κ2) is 2.83. The van der Waals surface area contributed by atoms with Crippen LogP contribution in [0, 0.1) is 0 Å². The lowest BCUT2D eigenvalue weighted by Crippen LogP contribution is -1.94. The summed E-state index contributed by atoms with van der Waals surface area (Å²) in [6, 6.07) is 6.30. The van der Waals surface area contributed by atoms with Crippen LogP contribution in [-0.4, -0.2) is 21.3 Å². The van der Waals surface area contributed by atoms with Crippen LogP contribution in [0.4, 0.5) is 5.69 Å². The Morgan fingerprint density at radius 1 is 1.36 bits per heavy atom. The van der Waals surface area contributed by atoms with Gasteiger partial charge in [-0.05, 0) is 30.2 Å². The summed E-state index contributed by atoms with van der Waals surface area (Å²) in [6.45, 7) is 1.04. The van der Waals surface area contributed by atoms with Crippen LogP contribution in [0.2, 0.25) is 0 Å². The lowest BCUT2D eigenvalue weighted by molar-refractivity contribution is 0.877. The number of aromatic nitrogens is 3. The fraction of sp³-hybridized carbons (Fsp3) is 0.200. The number of fused-ring (bicyclic) bond motifs is 1. The van der Waals surface area contributed by atoms with Gasteiger partial charge in [-0.3, -0.25) is 0 Å². The Labute approximate surface area is 81.6 Å². The van der Waals surface area contributed by atoms with Crippen molar-refractivity contribution in [1.29, 1.82) is 0 Å². The molecule has 2 aromatic rings. The summed E-state index contributed by atoms with van der Waals surface area (Å²) in [4.78, 5) is 3.93. The first kappa shape index (κ1) is 7.55. The third-order valence-electron chi connectivity index (χ3n) is 2.48. The van der Waals surface area contributed by atoms with Gasteiger partial charge >= 0.3 is 0 Å². The minimum absolute atomic E-state index is 1.04. The Morgan fingerprint density at radius 2 is 2.36 bits per heavy atom. The third kappa shape index (κ3) is 1.08. The predicted octanol–water partition coefficient (Wildman–Crippen LogP) is 1.24. The zero-order chi connectivity index (χ0) is 9.38. The zero-order valence-corrected chi connectivity index (χ0v) is 7.64. The summed E-state index contributed by atoms with van der Waals surface area (Å²) in [6.07, 6.45) is 4.35. The van der Waals surface area contributed by atoms with Crippen LogP contribution in [0.5, 0.6) is 0 Å². The quantitative estimate of drug-likeness (QED) is 0.728. The number of hydrogen-bond acceptors (Lipinski definition) is 3. The molecule has 14 heavy (non-hydrogen) atoms. The van der Waals surface area contributed by atoms with Crippen molar-refractivity contribution in [2.45, 2.75) is 6.42 Å². The molecule has 0 atom stereocenters. The Hall–Kier alpha value is -1.84. The van der Waals surface area contributed by atoms with E-state index in [-0.39, 0.29) is 0 Å². The summed E-state index contributed by atoms with van der Waals surface area (Å²) in [7, 11) is 0. The molecule has 0 bridgehead atoms. The van der Waals surface area contributed by atoms with Gasteiger partial charge in [-0.15, -0.1) is 0 Å². The van der Waals surface area contributed by atoms with E-state index < -0.39 is 0 Å². The molecule has 0 spiro atoms. The smallest absolute Gasteiger partial charge is 0.138 e. The van der Waals surface area contributed by atoms with Crippen LogP contribution in [0.25, 0.3) is 5.69 Å². The van der Waals surface area contributed by atoms with Gasteiger partial charge in [0.05, 0.1) is 5.69 Å². The molecule has 0 amide bonds. The molecule has 1 aliphatic rings. The summed E-state index contributed by atoms with van der Waals surface area (Å²) < 4.78 is 1.78. The molecule has 0 saturated heterocycles. The van der Waals surface area contributed by atoms with Gasteiger partial charge in [0.25, 0.3) is 0 Å². The van der Waals surface area contributed by atoms with E-state index in [0.29, 0.717) is 0 Å². The van der Waals surface area contributed by atoms with E-state index in [0.717, 1.165) is 18.7 Å². The van der Waals surface area contributed by atoms with Gasteiger partial charge in [0.2, 0.25) is 0 Å². The molecule has 0 radical (unpaired) electrons. The second-order valence-electron chi connectivity index (χ2n) is 3.36. The second-order valence-corrected chi connectivity index (χ2v) is 3.36. The van der Waals surface area contributed by atoms with Crippen LogP contribution in [0.15, 0.2) is 30.9 Å². The first-order valence-electron chi connectivity index (χ1n) is 4.65. The van der Waals surface area contributed by atoms with E-state index in [4.69, 9.17) is 0 Å². The number of nitrogens with zero attached hydrogens (tertiary/aromatic N) is 3. The van der Waals surface area contributed by atoms with Gasteiger partial charge in [-0.2, -0.15) is 5.10 Å². The molecule has 4 heteroatoms. The highest BCUT2D eigenvalue weighted by Gasteiger charge is 2.10. The fourth-order valence-electron chi connectivity index (χ4n) is 1.78. The number of hydrogen-bond donors (Lipinski definition) is 1. The normalized spacial score (nSPS) is 13.7. The van der Waals surface area contributed by atoms with Gasteiger partial charge < -0.3 is 5.32 Å². The largest absolute Gasteiger partial charge is 0.384 e. The Bertz CT molecular complexity index is 447. The van der Waals surface area contributed by atoms with Crippen molar-refractivity contribution < 1.29 is 0 Å². The maximum atomic E-state index is 4.10. The van der Waals surface area contributed by atoms with E-state index in [9.17, 15) is 0 Å². The van der Waals surface area contributed by atoms with E-state index in [2.05, 4.69) is 27.5 Å². The predicted molar refractivity (Wildman–Crippen MR) is 53.6 cm³/mol.